The van der Waals surface area contributed by atoms with Crippen LogP contribution < -0.4 is 5.73 Å². The minimum Gasteiger partial charge on any atom is -0.394 e. The second-order valence-corrected chi connectivity index (χ2v) is 3.72. The number of aromatic nitrogens is 1. The van der Waals surface area contributed by atoms with Crippen molar-refractivity contribution in [3.05, 3.63) is 47.5 Å². The maximum atomic E-state index is 13.3. The summed E-state index contributed by atoms with van der Waals surface area (Å²) in [6.45, 7) is 5.35. The van der Waals surface area contributed by atoms with Gasteiger partial charge in [0.15, 0.2) is 0 Å². The van der Waals surface area contributed by atoms with Crippen LogP contribution in [0.4, 0.5) is 4.39 Å². The second-order valence-electron chi connectivity index (χ2n) is 2.56. The van der Waals surface area contributed by atoms with Gasteiger partial charge in [-0.25, -0.2) is 4.39 Å². The summed E-state index contributed by atoms with van der Waals surface area (Å²) >= 11 is 1.21. The van der Waals surface area contributed by atoms with Crippen molar-refractivity contribution < 1.29 is 4.39 Å². The molecule has 0 bridgehead atoms. The van der Waals surface area contributed by atoms with Crippen molar-refractivity contribution in [1.29, 1.82) is 0 Å². The molecule has 0 amide bonds. The zero-order valence-electron chi connectivity index (χ0n) is 7.83. The monoisotopic (exact) mass is 210 g/mol. The van der Waals surface area contributed by atoms with Crippen molar-refractivity contribution in [3.8, 4) is 0 Å². The molecule has 1 rings (SSSR count). The van der Waals surface area contributed by atoms with Crippen LogP contribution in [-0.4, -0.2) is 4.98 Å². The SMILES string of the molecule is C=C(N)S/C(=C\C)c1ncccc1F. The van der Waals surface area contributed by atoms with Crippen LogP contribution in [-0.2, 0) is 0 Å². The molecule has 74 valence electrons. The van der Waals surface area contributed by atoms with E-state index in [9.17, 15) is 4.39 Å². The Kier molecular flexibility index (Phi) is 3.71. The Hall–Kier alpha value is -1.29. The molecule has 0 saturated heterocycles. The molecule has 0 aliphatic carbocycles. The maximum absolute atomic E-state index is 13.3. The van der Waals surface area contributed by atoms with Gasteiger partial charge in [-0.15, -0.1) is 0 Å². The molecule has 0 aliphatic rings. The van der Waals surface area contributed by atoms with Gasteiger partial charge in [0.2, 0.25) is 0 Å². The van der Waals surface area contributed by atoms with Crippen LogP contribution in [0.5, 0.6) is 0 Å². The number of thioether (sulfide) groups is 1. The van der Waals surface area contributed by atoms with Crippen LogP contribution in [0.15, 0.2) is 36.0 Å². The number of hydrogen-bond donors (Lipinski definition) is 1. The lowest BCUT2D eigenvalue weighted by molar-refractivity contribution is 0.617. The Morgan fingerprint density at radius 2 is 2.43 bits per heavy atom. The van der Waals surface area contributed by atoms with Crippen LogP contribution in [0.1, 0.15) is 12.6 Å². The Morgan fingerprint density at radius 3 is 2.93 bits per heavy atom. The van der Waals surface area contributed by atoms with Gasteiger partial charge in [-0.1, -0.05) is 24.4 Å². The molecule has 0 spiro atoms. The molecule has 0 radical (unpaired) electrons. The Labute approximate surface area is 86.7 Å². The molecule has 2 nitrogen and oxygen atoms in total. The lowest BCUT2D eigenvalue weighted by atomic mass is 10.3. The molecule has 4 heteroatoms. The average Bonchev–Trinajstić information content (AvgIpc) is 2.15. The van der Waals surface area contributed by atoms with Crippen LogP contribution in [0.25, 0.3) is 4.91 Å². The molecule has 0 unspecified atom stereocenters. The third kappa shape index (κ3) is 2.60. The standard InChI is InChI=1S/C10H11FN2S/c1-3-9(14-7(2)12)10-8(11)5-4-6-13-10/h3-6H,2,12H2,1H3/b9-3-. The highest BCUT2D eigenvalue weighted by atomic mass is 32.2. The van der Waals surface area contributed by atoms with Gasteiger partial charge in [-0.05, 0) is 19.1 Å². The number of rotatable bonds is 3. The third-order valence-corrected chi connectivity index (χ3v) is 2.41. The summed E-state index contributed by atoms with van der Waals surface area (Å²) in [5.74, 6) is -0.352. The lowest BCUT2D eigenvalue weighted by Crippen LogP contribution is -1.94. The summed E-state index contributed by atoms with van der Waals surface area (Å²) in [6.07, 6.45) is 3.30. The van der Waals surface area contributed by atoms with E-state index in [1.54, 1.807) is 25.3 Å². The van der Waals surface area contributed by atoms with Crippen LogP contribution >= 0.6 is 11.8 Å². The first-order chi connectivity index (χ1) is 6.65. The molecule has 0 aromatic carbocycles. The highest BCUT2D eigenvalue weighted by Crippen LogP contribution is 2.30. The number of halogens is 1. The van der Waals surface area contributed by atoms with Crippen molar-refractivity contribution in [2.24, 2.45) is 5.73 Å². The number of allylic oxidation sites excluding steroid dienone is 1. The molecule has 1 aromatic rings. The summed E-state index contributed by atoms with van der Waals surface area (Å²) in [6, 6.07) is 2.92. The molecule has 14 heavy (non-hydrogen) atoms. The maximum Gasteiger partial charge on any atom is 0.150 e. The Bertz CT molecular complexity index is 374. The van der Waals surface area contributed by atoms with E-state index >= 15 is 0 Å². The highest BCUT2D eigenvalue weighted by molar-refractivity contribution is 8.11. The van der Waals surface area contributed by atoms with Crippen molar-refractivity contribution in [1.82, 2.24) is 4.98 Å². The van der Waals surface area contributed by atoms with Gasteiger partial charge < -0.3 is 5.73 Å². The zero-order chi connectivity index (χ0) is 10.6. The smallest absolute Gasteiger partial charge is 0.150 e. The normalized spacial score (nSPS) is 11.4. The Balaban J connectivity index is 3.02. The van der Waals surface area contributed by atoms with Gasteiger partial charge in [0.05, 0.1) is 5.03 Å². The Morgan fingerprint density at radius 1 is 1.71 bits per heavy atom. The van der Waals surface area contributed by atoms with Gasteiger partial charge in [-0.2, -0.15) is 0 Å². The summed E-state index contributed by atoms with van der Waals surface area (Å²) in [4.78, 5) is 4.62. The lowest BCUT2D eigenvalue weighted by Gasteiger charge is -2.05. The number of hydrogen-bond acceptors (Lipinski definition) is 3. The predicted octanol–water partition coefficient (Wildman–Crippen LogP) is 2.74. The number of pyridine rings is 1. The van der Waals surface area contributed by atoms with Gasteiger partial charge >= 0.3 is 0 Å². The highest BCUT2D eigenvalue weighted by Gasteiger charge is 2.08. The molecule has 0 fully saturated rings. The van der Waals surface area contributed by atoms with Crippen molar-refractivity contribution >= 4 is 16.7 Å². The first-order valence-corrected chi connectivity index (χ1v) is 4.86. The van der Waals surface area contributed by atoms with E-state index in [4.69, 9.17) is 5.73 Å². The van der Waals surface area contributed by atoms with Crippen LogP contribution in [0, 0.1) is 5.82 Å². The molecule has 0 aliphatic heterocycles. The average molecular weight is 210 g/mol. The molecule has 2 N–H and O–H groups in total. The van der Waals surface area contributed by atoms with Crippen LogP contribution in [0.2, 0.25) is 0 Å². The van der Waals surface area contributed by atoms with Crippen molar-refractivity contribution in [3.63, 3.8) is 0 Å². The fourth-order valence-corrected chi connectivity index (χ4v) is 1.60. The minimum atomic E-state index is -0.352. The first kappa shape index (κ1) is 10.8. The summed E-state index contributed by atoms with van der Waals surface area (Å²) in [7, 11) is 0. The van der Waals surface area contributed by atoms with E-state index in [0.717, 1.165) is 0 Å². The van der Waals surface area contributed by atoms with E-state index in [-0.39, 0.29) is 5.82 Å². The largest absolute Gasteiger partial charge is 0.394 e. The zero-order valence-corrected chi connectivity index (χ0v) is 8.64. The fourth-order valence-electron chi connectivity index (χ4n) is 0.952. The fraction of sp³-hybridized carbons (Fsp3) is 0.100. The molecular weight excluding hydrogens is 199 g/mol. The predicted molar refractivity (Wildman–Crippen MR) is 58.8 cm³/mol. The van der Waals surface area contributed by atoms with Gasteiger partial charge in [0.25, 0.3) is 0 Å². The summed E-state index contributed by atoms with van der Waals surface area (Å²) in [5, 5.41) is 0.420. The number of nitrogens with two attached hydrogens (primary N) is 1. The van der Waals surface area contributed by atoms with E-state index in [2.05, 4.69) is 11.6 Å². The van der Waals surface area contributed by atoms with E-state index in [0.29, 0.717) is 15.6 Å². The van der Waals surface area contributed by atoms with Gasteiger partial charge in [0.1, 0.15) is 11.5 Å². The van der Waals surface area contributed by atoms with E-state index in [1.165, 1.54) is 17.8 Å². The van der Waals surface area contributed by atoms with E-state index in [1.807, 2.05) is 0 Å². The molecule has 1 aromatic heterocycles. The van der Waals surface area contributed by atoms with Gasteiger partial charge in [-0.3, -0.25) is 4.98 Å². The van der Waals surface area contributed by atoms with Gasteiger partial charge in [0, 0.05) is 11.1 Å². The summed E-state index contributed by atoms with van der Waals surface area (Å²) in [5.41, 5.74) is 5.75. The quantitative estimate of drug-likeness (QED) is 0.833. The summed E-state index contributed by atoms with van der Waals surface area (Å²) < 4.78 is 13.3. The second kappa shape index (κ2) is 4.81. The molecule has 0 atom stereocenters. The topological polar surface area (TPSA) is 38.9 Å². The molecule has 1 heterocycles. The third-order valence-electron chi connectivity index (χ3n) is 1.50. The molecule has 0 saturated carbocycles. The van der Waals surface area contributed by atoms with Crippen molar-refractivity contribution in [2.75, 3.05) is 0 Å². The molecular formula is C10H11FN2S. The minimum absolute atomic E-state index is 0.312. The number of nitrogens with zero attached hydrogens (tertiary/aromatic N) is 1. The van der Waals surface area contributed by atoms with E-state index < -0.39 is 0 Å². The van der Waals surface area contributed by atoms with Crippen molar-refractivity contribution in [2.45, 2.75) is 6.92 Å². The van der Waals surface area contributed by atoms with Crippen LogP contribution in [0.3, 0.4) is 0 Å². The first-order valence-electron chi connectivity index (χ1n) is 4.04.